The Bertz CT molecular complexity index is 820. The molecule has 0 aliphatic carbocycles. The molecule has 0 fully saturated rings. The van der Waals surface area contributed by atoms with Crippen molar-refractivity contribution in [3.63, 3.8) is 0 Å². The number of amides is 1. The van der Waals surface area contributed by atoms with Crippen LogP contribution < -0.4 is 19.5 Å². The molecule has 0 aromatic heterocycles. The molecule has 1 aliphatic heterocycles. The van der Waals surface area contributed by atoms with Gasteiger partial charge in [-0.15, -0.1) is 0 Å². The lowest BCUT2D eigenvalue weighted by Gasteiger charge is -2.18. The van der Waals surface area contributed by atoms with Gasteiger partial charge in [0.2, 0.25) is 0 Å². The number of methoxy groups -OCH3 is 1. The highest BCUT2D eigenvalue weighted by molar-refractivity contribution is 6.07. The summed E-state index contributed by atoms with van der Waals surface area (Å²) in [5.41, 5.74) is 1.53. The third kappa shape index (κ3) is 3.88. The number of carbonyl (C=O) groups is 1. The van der Waals surface area contributed by atoms with E-state index in [9.17, 15) is 13.6 Å². The minimum absolute atomic E-state index is 0.124. The summed E-state index contributed by atoms with van der Waals surface area (Å²) in [5, 5.41) is 2.64. The van der Waals surface area contributed by atoms with E-state index in [1.165, 1.54) is 25.3 Å². The largest absolute Gasteiger partial charge is 0.493 e. The third-order valence-electron chi connectivity index (χ3n) is 3.56. The Morgan fingerprint density at radius 2 is 2.00 bits per heavy atom. The van der Waals surface area contributed by atoms with Crippen molar-refractivity contribution in [2.45, 2.75) is 6.61 Å². The molecule has 1 heterocycles. The number of hydrogen-bond donors (Lipinski definition) is 1. The zero-order valence-electron chi connectivity index (χ0n) is 13.3. The predicted octanol–water partition coefficient (Wildman–Crippen LogP) is 3.71. The van der Waals surface area contributed by atoms with Gasteiger partial charge in [0.05, 0.1) is 12.7 Å². The van der Waals surface area contributed by atoms with Gasteiger partial charge in [0, 0.05) is 17.3 Å². The van der Waals surface area contributed by atoms with Gasteiger partial charge < -0.3 is 19.5 Å². The third-order valence-corrected chi connectivity index (χ3v) is 3.56. The molecule has 1 amide bonds. The van der Waals surface area contributed by atoms with Crippen LogP contribution in [0, 0.1) is 0 Å². The molecule has 0 bridgehead atoms. The van der Waals surface area contributed by atoms with Crippen LogP contribution in [-0.2, 0) is 4.79 Å². The number of carbonyl (C=O) groups excluding carboxylic acids is 1. The van der Waals surface area contributed by atoms with Crippen molar-refractivity contribution in [1.82, 2.24) is 0 Å². The van der Waals surface area contributed by atoms with E-state index in [0.717, 1.165) is 5.56 Å². The molecule has 0 saturated carbocycles. The van der Waals surface area contributed by atoms with Crippen LogP contribution in [0.1, 0.15) is 5.56 Å². The predicted molar refractivity (Wildman–Crippen MR) is 88.2 cm³/mol. The van der Waals surface area contributed by atoms with Gasteiger partial charge in [-0.1, -0.05) is 18.2 Å². The summed E-state index contributed by atoms with van der Waals surface area (Å²) in [6, 6.07) is 11.6. The van der Waals surface area contributed by atoms with Gasteiger partial charge in [-0.25, -0.2) is 0 Å². The molecule has 1 aliphatic rings. The van der Waals surface area contributed by atoms with E-state index >= 15 is 0 Å². The fraction of sp³-hybridized carbons (Fsp3) is 0.167. The maximum absolute atomic E-state index is 12.5. The van der Waals surface area contributed by atoms with Crippen molar-refractivity contribution in [3.8, 4) is 17.2 Å². The van der Waals surface area contributed by atoms with Gasteiger partial charge in [0.25, 0.3) is 5.91 Å². The van der Waals surface area contributed by atoms with Crippen molar-refractivity contribution in [2.75, 3.05) is 19.0 Å². The minimum atomic E-state index is -2.99. The average molecular weight is 347 g/mol. The van der Waals surface area contributed by atoms with E-state index in [4.69, 9.17) is 9.47 Å². The smallest absolute Gasteiger partial charge is 0.387 e. The Morgan fingerprint density at radius 3 is 2.76 bits per heavy atom. The summed E-state index contributed by atoms with van der Waals surface area (Å²) < 4.78 is 39.8. The Labute approximate surface area is 142 Å². The highest BCUT2D eigenvalue weighted by atomic mass is 19.3. The number of ether oxygens (including phenoxy) is 3. The minimum Gasteiger partial charge on any atom is -0.493 e. The van der Waals surface area contributed by atoms with Gasteiger partial charge in [0.1, 0.15) is 12.4 Å². The quantitative estimate of drug-likeness (QED) is 0.896. The summed E-state index contributed by atoms with van der Waals surface area (Å²) in [4.78, 5) is 12.4. The molecule has 0 unspecified atom stereocenters. The van der Waals surface area contributed by atoms with Crippen LogP contribution in [0.5, 0.6) is 17.2 Å². The highest BCUT2D eigenvalue weighted by Gasteiger charge is 2.18. The highest BCUT2D eigenvalue weighted by Crippen LogP contribution is 2.32. The molecule has 0 radical (unpaired) electrons. The number of halogens is 2. The Balaban J connectivity index is 1.78. The second-order valence-corrected chi connectivity index (χ2v) is 5.19. The molecular formula is C18H15F2NO4. The topological polar surface area (TPSA) is 56.8 Å². The molecule has 0 saturated heterocycles. The van der Waals surface area contributed by atoms with Crippen molar-refractivity contribution in [3.05, 3.63) is 53.6 Å². The van der Waals surface area contributed by atoms with Crippen LogP contribution in [0.25, 0.3) is 6.08 Å². The molecule has 3 rings (SSSR count). The fourth-order valence-electron chi connectivity index (χ4n) is 2.40. The lowest BCUT2D eigenvalue weighted by molar-refractivity contribution is -0.113. The van der Waals surface area contributed by atoms with Gasteiger partial charge in [0.15, 0.2) is 11.5 Å². The SMILES string of the molecule is COc1ccc(NC(=O)C2=Cc3ccccc3OC2)cc1OC(F)F. The number of rotatable bonds is 5. The summed E-state index contributed by atoms with van der Waals surface area (Å²) in [6.45, 7) is -2.87. The lowest BCUT2D eigenvalue weighted by atomic mass is 10.1. The number of benzene rings is 2. The van der Waals surface area contributed by atoms with Crippen LogP contribution in [-0.4, -0.2) is 26.2 Å². The van der Waals surface area contributed by atoms with Crippen LogP contribution in [0.15, 0.2) is 48.0 Å². The van der Waals surface area contributed by atoms with E-state index in [-0.39, 0.29) is 24.0 Å². The molecule has 0 atom stereocenters. The van der Waals surface area contributed by atoms with Crippen molar-refractivity contribution >= 4 is 17.7 Å². The Kier molecular flexibility index (Phi) is 4.83. The maximum Gasteiger partial charge on any atom is 0.387 e. The summed E-state index contributed by atoms with van der Waals surface area (Å²) >= 11 is 0. The fourth-order valence-corrected chi connectivity index (χ4v) is 2.40. The van der Waals surface area contributed by atoms with Crippen molar-refractivity contribution in [1.29, 1.82) is 0 Å². The lowest BCUT2D eigenvalue weighted by Crippen LogP contribution is -2.21. The molecule has 2 aromatic rings. The first-order valence-electron chi connectivity index (χ1n) is 7.43. The van der Waals surface area contributed by atoms with Gasteiger partial charge in [-0.3, -0.25) is 4.79 Å². The monoisotopic (exact) mass is 347 g/mol. The van der Waals surface area contributed by atoms with Gasteiger partial charge >= 0.3 is 6.61 Å². The number of nitrogens with one attached hydrogen (secondary N) is 1. The Hall–Kier alpha value is -3.09. The molecule has 130 valence electrons. The molecule has 2 aromatic carbocycles. The summed E-state index contributed by atoms with van der Waals surface area (Å²) in [5.74, 6) is 0.306. The average Bonchev–Trinajstić information content (AvgIpc) is 2.61. The first-order chi connectivity index (χ1) is 12.1. The summed E-state index contributed by atoms with van der Waals surface area (Å²) in [6.07, 6.45) is 1.73. The van der Waals surface area contributed by atoms with Crippen molar-refractivity contribution < 1.29 is 27.8 Å². The van der Waals surface area contributed by atoms with Crippen molar-refractivity contribution in [2.24, 2.45) is 0 Å². The van der Waals surface area contributed by atoms with Crippen LogP contribution in [0.3, 0.4) is 0 Å². The number of anilines is 1. The van der Waals surface area contributed by atoms with Gasteiger partial charge in [-0.05, 0) is 24.3 Å². The van der Waals surface area contributed by atoms with Crippen LogP contribution in [0.2, 0.25) is 0 Å². The normalized spacial score (nSPS) is 12.7. The second-order valence-electron chi connectivity index (χ2n) is 5.19. The van der Waals surface area contributed by atoms with Gasteiger partial charge in [-0.2, -0.15) is 8.78 Å². The van der Waals surface area contributed by atoms with Crippen LogP contribution in [0.4, 0.5) is 14.5 Å². The number of alkyl halides is 2. The van der Waals surface area contributed by atoms with E-state index in [1.807, 2.05) is 24.3 Å². The number of para-hydroxylation sites is 1. The number of hydrogen-bond acceptors (Lipinski definition) is 4. The standard InChI is InChI=1S/C18H15F2NO4/c1-23-15-7-6-13(9-16(15)25-18(19)20)21-17(22)12-8-11-4-2-3-5-14(11)24-10-12/h2-9,18H,10H2,1H3,(H,21,22). The molecule has 25 heavy (non-hydrogen) atoms. The Morgan fingerprint density at radius 1 is 1.20 bits per heavy atom. The second kappa shape index (κ2) is 7.21. The summed E-state index contributed by atoms with van der Waals surface area (Å²) in [7, 11) is 1.34. The van der Waals surface area contributed by atoms with E-state index < -0.39 is 6.61 Å². The molecular weight excluding hydrogens is 332 g/mol. The van der Waals surface area contributed by atoms with Crippen LogP contribution >= 0.6 is 0 Å². The first-order valence-corrected chi connectivity index (χ1v) is 7.43. The zero-order chi connectivity index (χ0) is 17.8. The number of fused-ring (bicyclic) bond motifs is 1. The maximum atomic E-state index is 12.5. The van der Waals surface area contributed by atoms with E-state index in [1.54, 1.807) is 6.08 Å². The molecule has 7 heteroatoms. The molecule has 5 nitrogen and oxygen atoms in total. The molecule has 0 spiro atoms. The molecule has 1 N–H and O–H groups in total. The first kappa shape index (κ1) is 16.8. The zero-order valence-corrected chi connectivity index (χ0v) is 13.3. The van der Waals surface area contributed by atoms with E-state index in [0.29, 0.717) is 17.0 Å². The van der Waals surface area contributed by atoms with E-state index in [2.05, 4.69) is 10.1 Å².